The van der Waals surface area contributed by atoms with E-state index in [1.807, 2.05) is 12.3 Å². The maximum absolute atomic E-state index is 6.08. The van der Waals surface area contributed by atoms with E-state index in [-0.39, 0.29) is 0 Å². The van der Waals surface area contributed by atoms with Gasteiger partial charge in [0.2, 0.25) is 0 Å². The first-order chi connectivity index (χ1) is 9.68. The largest absolute Gasteiger partial charge is 0.378 e. The Kier molecular flexibility index (Phi) is 5.35. The Morgan fingerprint density at radius 3 is 2.80 bits per heavy atom. The molecular weight excluding hydrogens is 252 g/mol. The fraction of sp³-hybridized carbons (Fsp3) is 0.600. The van der Waals surface area contributed by atoms with E-state index in [1.54, 1.807) is 6.20 Å². The van der Waals surface area contributed by atoms with Crippen LogP contribution in [0.3, 0.4) is 0 Å². The SMILES string of the molecule is CC(C)C(CN=C(N)N1CCOCC1)c1cccnc1. The minimum absolute atomic E-state index is 0.350. The number of nitrogens with zero attached hydrogens (tertiary/aromatic N) is 3. The Bertz CT molecular complexity index is 427. The first kappa shape index (κ1) is 14.8. The van der Waals surface area contributed by atoms with E-state index >= 15 is 0 Å². The van der Waals surface area contributed by atoms with Crippen LogP contribution in [0.15, 0.2) is 29.5 Å². The lowest BCUT2D eigenvalue weighted by atomic mass is 9.89. The highest BCUT2D eigenvalue weighted by Crippen LogP contribution is 2.23. The Morgan fingerprint density at radius 2 is 2.20 bits per heavy atom. The molecule has 0 amide bonds. The molecule has 5 heteroatoms. The van der Waals surface area contributed by atoms with Gasteiger partial charge in [-0.2, -0.15) is 0 Å². The highest BCUT2D eigenvalue weighted by atomic mass is 16.5. The second-order valence-corrected chi connectivity index (χ2v) is 5.44. The van der Waals surface area contributed by atoms with Crippen molar-refractivity contribution in [3.8, 4) is 0 Å². The lowest BCUT2D eigenvalue weighted by Crippen LogP contribution is -2.45. The number of guanidine groups is 1. The summed E-state index contributed by atoms with van der Waals surface area (Å²) in [7, 11) is 0. The van der Waals surface area contributed by atoms with Crippen LogP contribution in [0.2, 0.25) is 0 Å². The van der Waals surface area contributed by atoms with E-state index < -0.39 is 0 Å². The molecule has 1 aliphatic rings. The minimum atomic E-state index is 0.350. The Labute approximate surface area is 120 Å². The third kappa shape index (κ3) is 3.93. The van der Waals surface area contributed by atoms with E-state index in [0.29, 0.717) is 24.3 Å². The Morgan fingerprint density at radius 1 is 1.45 bits per heavy atom. The molecule has 1 aromatic rings. The highest BCUT2D eigenvalue weighted by Gasteiger charge is 2.17. The van der Waals surface area contributed by atoms with Gasteiger partial charge >= 0.3 is 0 Å². The molecule has 0 aliphatic carbocycles. The molecule has 20 heavy (non-hydrogen) atoms. The number of rotatable bonds is 4. The standard InChI is InChI=1S/C15H24N4O/c1-12(2)14(13-4-3-5-17-10-13)11-18-15(16)19-6-8-20-9-7-19/h3-5,10,12,14H,6-9,11H2,1-2H3,(H2,16,18). The summed E-state index contributed by atoms with van der Waals surface area (Å²) >= 11 is 0. The summed E-state index contributed by atoms with van der Waals surface area (Å²) in [5, 5.41) is 0. The van der Waals surface area contributed by atoms with Crippen LogP contribution in [0.4, 0.5) is 0 Å². The number of aliphatic imine (C=N–C) groups is 1. The van der Waals surface area contributed by atoms with Crippen molar-refractivity contribution >= 4 is 5.96 Å². The maximum Gasteiger partial charge on any atom is 0.191 e. The second-order valence-electron chi connectivity index (χ2n) is 5.44. The van der Waals surface area contributed by atoms with Crippen molar-refractivity contribution in [2.75, 3.05) is 32.8 Å². The van der Waals surface area contributed by atoms with Crippen molar-refractivity contribution in [3.63, 3.8) is 0 Å². The second kappa shape index (κ2) is 7.24. The molecule has 2 rings (SSSR count). The third-order valence-electron chi connectivity index (χ3n) is 3.70. The first-order valence-electron chi connectivity index (χ1n) is 7.21. The van der Waals surface area contributed by atoms with Gasteiger partial charge in [-0.1, -0.05) is 19.9 Å². The fourth-order valence-corrected chi connectivity index (χ4v) is 2.38. The summed E-state index contributed by atoms with van der Waals surface area (Å²) < 4.78 is 5.32. The lowest BCUT2D eigenvalue weighted by Gasteiger charge is -2.28. The fourth-order valence-electron chi connectivity index (χ4n) is 2.38. The molecule has 0 saturated carbocycles. The van der Waals surface area contributed by atoms with Crippen LogP contribution < -0.4 is 5.73 Å². The van der Waals surface area contributed by atoms with Crippen molar-refractivity contribution in [2.45, 2.75) is 19.8 Å². The predicted octanol–water partition coefficient (Wildman–Crippen LogP) is 1.47. The van der Waals surface area contributed by atoms with Crippen molar-refractivity contribution in [2.24, 2.45) is 16.6 Å². The van der Waals surface area contributed by atoms with Crippen molar-refractivity contribution < 1.29 is 4.74 Å². The van der Waals surface area contributed by atoms with Crippen molar-refractivity contribution in [3.05, 3.63) is 30.1 Å². The van der Waals surface area contributed by atoms with Gasteiger partial charge in [0.25, 0.3) is 0 Å². The molecular formula is C15H24N4O. The number of morpholine rings is 1. The van der Waals surface area contributed by atoms with Crippen LogP contribution in [0.1, 0.15) is 25.3 Å². The zero-order valence-corrected chi connectivity index (χ0v) is 12.3. The quantitative estimate of drug-likeness (QED) is 0.668. The normalized spacial score (nSPS) is 18.4. The molecule has 0 radical (unpaired) electrons. The number of aromatic nitrogens is 1. The molecule has 110 valence electrons. The average molecular weight is 276 g/mol. The number of hydrogen-bond donors (Lipinski definition) is 1. The van der Waals surface area contributed by atoms with Gasteiger partial charge in [-0.3, -0.25) is 9.98 Å². The molecule has 2 N–H and O–H groups in total. The summed E-state index contributed by atoms with van der Waals surface area (Å²) in [6.45, 7) is 8.23. The molecule has 1 saturated heterocycles. The molecule has 0 bridgehead atoms. The van der Waals surface area contributed by atoms with Crippen LogP contribution >= 0.6 is 0 Å². The van der Waals surface area contributed by atoms with Crippen LogP contribution in [0.25, 0.3) is 0 Å². The molecule has 1 unspecified atom stereocenters. The topological polar surface area (TPSA) is 63.7 Å². The Hall–Kier alpha value is -1.62. The van der Waals surface area contributed by atoms with Gasteiger partial charge in [0.15, 0.2) is 5.96 Å². The van der Waals surface area contributed by atoms with Crippen molar-refractivity contribution in [1.82, 2.24) is 9.88 Å². The monoisotopic (exact) mass is 276 g/mol. The predicted molar refractivity (Wildman–Crippen MR) is 80.7 cm³/mol. The Balaban J connectivity index is 2.01. The van der Waals surface area contributed by atoms with Gasteiger partial charge < -0.3 is 15.4 Å². The van der Waals surface area contributed by atoms with E-state index in [4.69, 9.17) is 10.5 Å². The van der Waals surface area contributed by atoms with Crippen LogP contribution in [-0.2, 0) is 4.74 Å². The van der Waals surface area contributed by atoms with Gasteiger partial charge in [-0.05, 0) is 17.5 Å². The third-order valence-corrected chi connectivity index (χ3v) is 3.70. The van der Waals surface area contributed by atoms with E-state index in [2.05, 4.69) is 34.8 Å². The van der Waals surface area contributed by atoms with E-state index in [1.165, 1.54) is 5.56 Å². The average Bonchev–Trinajstić information content (AvgIpc) is 2.49. The zero-order valence-electron chi connectivity index (χ0n) is 12.3. The summed E-state index contributed by atoms with van der Waals surface area (Å²) in [4.78, 5) is 10.9. The molecule has 5 nitrogen and oxygen atoms in total. The van der Waals surface area contributed by atoms with Crippen molar-refractivity contribution in [1.29, 1.82) is 0 Å². The molecule has 1 fully saturated rings. The molecule has 0 aromatic carbocycles. The van der Waals surface area contributed by atoms with E-state index in [0.717, 1.165) is 26.3 Å². The van der Waals surface area contributed by atoms with Gasteiger partial charge in [-0.25, -0.2) is 0 Å². The maximum atomic E-state index is 6.08. The van der Waals surface area contributed by atoms with E-state index in [9.17, 15) is 0 Å². The minimum Gasteiger partial charge on any atom is -0.378 e. The van der Waals surface area contributed by atoms with Gasteiger partial charge in [0, 0.05) is 37.9 Å². The lowest BCUT2D eigenvalue weighted by molar-refractivity contribution is 0.0674. The molecule has 1 aliphatic heterocycles. The number of ether oxygens (including phenoxy) is 1. The molecule has 0 spiro atoms. The molecule has 1 aromatic heterocycles. The number of nitrogens with two attached hydrogens (primary N) is 1. The smallest absolute Gasteiger partial charge is 0.191 e. The zero-order chi connectivity index (χ0) is 14.4. The van der Waals surface area contributed by atoms with Crippen LogP contribution in [0.5, 0.6) is 0 Å². The molecule has 2 heterocycles. The van der Waals surface area contributed by atoms with Gasteiger partial charge in [0.05, 0.1) is 13.2 Å². The molecule has 1 atom stereocenters. The van der Waals surface area contributed by atoms with Crippen LogP contribution in [0, 0.1) is 5.92 Å². The van der Waals surface area contributed by atoms with Gasteiger partial charge in [0.1, 0.15) is 0 Å². The summed E-state index contributed by atoms with van der Waals surface area (Å²) in [6, 6.07) is 4.08. The summed E-state index contributed by atoms with van der Waals surface area (Å²) in [5.74, 6) is 1.48. The summed E-state index contributed by atoms with van der Waals surface area (Å²) in [6.07, 6.45) is 3.72. The number of hydrogen-bond acceptors (Lipinski definition) is 3. The van der Waals surface area contributed by atoms with Gasteiger partial charge in [-0.15, -0.1) is 0 Å². The highest BCUT2D eigenvalue weighted by molar-refractivity contribution is 5.78. The van der Waals surface area contributed by atoms with Crippen LogP contribution in [-0.4, -0.2) is 48.7 Å². The number of pyridine rings is 1. The first-order valence-corrected chi connectivity index (χ1v) is 7.21. The summed E-state index contributed by atoms with van der Waals surface area (Å²) in [5.41, 5.74) is 7.30.